The minimum absolute atomic E-state index is 0.459. The van der Waals surface area contributed by atoms with Gasteiger partial charge in [-0.2, -0.15) is 0 Å². The second-order valence-electron chi connectivity index (χ2n) is 2.66. The Hall–Kier alpha value is -1.51. The van der Waals surface area contributed by atoms with Crippen LogP contribution in [0.5, 0.6) is 5.75 Å². The standard InChI is InChI=1S/C10H12O3/c1-3-9-4-6-10(7-5-9)13-12-8(2)11/h4-7H,3H2,1-2H3. The molecule has 0 atom stereocenters. The van der Waals surface area contributed by atoms with Gasteiger partial charge in [-0.15, -0.1) is 0 Å². The van der Waals surface area contributed by atoms with Crippen molar-refractivity contribution in [2.45, 2.75) is 20.3 Å². The maximum atomic E-state index is 10.4. The Morgan fingerprint density at radius 1 is 1.31 bits per heavy atom. The Kier molecular flexibility index (Phi) is 3.31. The van der Waals surface area contributed by atoms with Gasteiger partial charge in [0.15, 0.2) is 5.75 Å². The zero-order valence-electron chi connectivity index (χ0n) is 7.74. The number of carbonyl (C=O) groups is 1. The van der Waals surface area contributed by atoms with Gasteiger partial charge in [-0.05, 0) is 24.1 Å². The first-order chi connectivity index (χ1) is 6.22. The van der Waals surface area contributed by atoms with Gasteiger partial charge in [-0.1, -0.05) is 19.1 Å². The Bertz CT molecular complexity index is 277. The van der Waals surface area contributed by atoms with Crippen molar-refractivity contribution in [3.63, 3.8) is 0 Å². The summed E-state index contributed by atoms with van der Waals surface area (Å²) in [5.74, 6) is 0.0759. The third-order valence-corrected chi connectivity index (χ3v) is 1.59. The molecule has 3 heteroatoms. The first kappa shape index (κ1) is 9.58. The van der Waals surface area contributed by atoms with Gasteiger partial charge in [-0.3, -0.25) is 9.78 Å². The van der Waals surface area contributed by atoms with Gasteiger partial charge >= 0.3 is 5.97 Å². The highest BCUT2D eigenvalue weighted by atomic mass is 17.2. The van der Waals surface area contributed by atoms with E-state index in [-0.39, 0.29) is 0 Å². The topological polar surface area (TPSA) is 35.5 Å². The highest BCUT2D eigenvalue weighted by molar-refractivity contribution is 5.65. The average Bonchev–Trinajstić information content (AvgIpc) is 2.15. The fraction of sp³-hybridized carbons (Fsp3) is 0.300. The fourth-order valence-corrected chi connectivity index (χ4v) is 0.888. The third-order valence-electron chi connectivity index (χ3n) is 1.59. The molecule has 0 aliphatic carbocycles. The van der Waals surface area contributed by atoms with E-state index in [1.165, 1.54) is 12.5 Å². The third kappa shape index (κ3) is 3.15. The van der Waals surface area contributed by atoms with E-state index in [1.54, 1.807) is 12.1 Å². The first-order valence-corrected chi connectivity index (χ1v) is 4.16. The van der Waals surface area contributed by atoms with Gasteiger partial charge < -0.3 is 0 Å². The van der Waals surface area contributed by atoms with Gasteiger partial charge in [0.05, 0.1) is 0 Å². The quantitative estimate of drug-likeness (QED) is 0.528. The summed E-state index contributed by atoms with van der Waals surface area (Å²) in [4.78, 5) is 19.5. The zero-order valence-corrected chi connectivity index (χ0v) is 7.74. The Labute approximate surface area is 77.2 Å². The molecule has 0 amide bonds. The molecule has 1 rings (SSSR count). The molecular weight excluding hydrogens is 168 g/mol. The summed E-state index contributed by atoms with van der Waals surface area (Å²) in [7, 11) is 0. The molecule has 0 bridgehead atoms. The summed E-state index contributed by atoms with van der Waals surface area (Å²) < 4.78 is 0. The lowest BCUT2D eigenvalue weighted by atomic mass is 10.2. The minimum atomic E-state index is -0.459. The molecule has 0 saturated heterocycles. The lowest BCUT2D eigenvalue weighted by Crippen LogP contribution is -2.02. The lowest BCUT2D eigenvalue weighted by Gasteiger charge is -2.02. The van der Waals surface area contributed by atoms with Crippen LogP contribution >= 0.6 is 0 Å². The molecule has 1 aromatic rings. The van der Waals surface area contributed by atoms with Crippen LogP contribution in [0, 0.1) is 0 Å². The summed E-state index contributed by atoms with van der Waals surface area (Å²) in [6.45, 7) is 3.36. The Morgan fingerprint density at radius 2 is 1.92 bits per heavy atom. The van der Waals surface area contributed by atoms with Crippen molar-refractivity contribution in [1.29, 1.82) is 0 Å². The smallest absolute Gasteiger partial charge is 0.287 e. The molecular formula is C10H12O3. The summed E-state index contributed by atoms with van der Waals surface area (Å²) in [5, 5.41) is 0. The molecule has 0 aliphatic rings. The summed E-state index contributed by atoms with van der Waals surface area (Å²) in [5.41, 5.74) is 1.22. The molecule has 0 aliphatic heterocycles. The van der Waals surface area contributed by atoms with E-state index in [1.807, 2.05) is 12.1 Å². The van der Waals surface area contributed by atoms with E-state index in [0.717, 1.165) is 6.42 Å². The van der Waals surface area contributed by atoms with E-state index in [0.29, 0.717) is 5.75 Å². The van der Waals surface area contributed by atoms with Gasteiger partial charge in [-0.25, -0.2) is 4.79 Å². The van der Waals surface area contributed by atoms with Crippen LogP contribution in [-0.2, 0) is 16.1 Å². The van der Waals surface area contributed by atoms with Crippen molar-refractivity contribution < 1.29 is 14.6 Å². The average molecular weight is 180 g/mol. The Balaban J connectivity index is 2.54. The van der Waals surface area contributed by atoms with E-state index in [9.17, 15) is 4.79 Å². The van der Waals surface area contributed by atoms with Crippen LogP contribution < -0.4 is 4.89 Å². The highest BCUT2D eigenvalue weighted by Gasteiger charge is 1.97. The molecule has 0 spiro atoms. The minimum Gasteiger partial charge on any atom is -0.287 e. The maximum absolute atomic E-state index is 10.4. The number of rotatable bonds is 3. The monoisotopic (exact) mass is 180 g/mol. The normalized spacial score (nSPS) is 9.38. The number of aryl methyl sites for hydroxylation is 1. The van der Waals surface area contributed by atoms with E-state index in [2.05, 4.69) is 11.8 Å². The fourth-order valence-electron chi connectivity index (χ4n) is 0.888. The van der Waals surface area contributed by atoms with Crippen LogP contribution in [0.3, 0.4) is 0 Å². The van der Waals surface area contributed by atoms with Gasteiger partial charge in [0, 0.05) is 6.92 Å². The maximum Gasteiger partial charge on any atom is 0.352 e. The number of benzene rings is 1. The van der Waals surface area contributed by atoms with Crippen LogP contribution in [0.25, 0.3) is 0 Å². The van der Waals surface area contributed by atoms with Crippen molar-refractivity contribution >= 4 is 5.97 Å². The summed E-state index contributed by atoms with van der Waals surface area (Å²) >= 11 is 0. The second kappa shape index (κ2) is 4.50. The van der Waals surface area contributed by atoms with E-state index >= 15 is 0 Å². The van der Waals surface area contributed by atoms with Crippen molar-refractivity contribution in [2.75, 3.05) is 0 Å². The van der Waals surface area contributed by atoms with Crippen molar-refractivity contribution in [3.05, 3.63) is 29.8 Å². The second-order valence-corrected chi connectivity index (χ2v) is 2.66. The number of hydrogen-bond acceptors (Lipinski definition) is 3. The molecule has 3 nitrogen and oxygen atoms in total. The molecule has 0 fully saturated rings. The van der Waals surface area contributed by atoms with E-state index < -0.39 is 5.97 Å². The molecule has 0 heterocycles. The number of hydrogen-bond donors (Lipinski definition) is 0. The summed E-state index contributed by atoms with van der Waals surface area (Å²) in [6.07, 6.45) is 0.980. The molecule has 0 aromatic heterocycles. The van der Waals surface area contributed by atoms with Crippen molar-refractivity contribution in [2.24, 2.45) is 0 Å². The van der Waals surface area contributed by atoms with Gasteiger partial charge in [0.2, 0.25) is 0 Å². The molecule has 70 valence electrons. The van der Waals surface area contributed by atoms with Crippen LogP contribution in [0.4, 0.5) is 0 Å². The lowest BCUT2D eigenvalue weighted by molar-refractivity contribution is -0.210. The molecule has 1 aromatic carbocycles. The van der Waals surface area contributed by atoms with E-state index in [4.69, 9.17) is 4.89 Å². The van der Waals surface area contributed by atoms with Crippen LogP contribution in [0.1, 0.15) is 19.4 Å². The van der Waals surface area contributed by atoms with Crippen molar-refractivity contribution in [1.82, 2.24) is 0 Å². The molecule has 0 unspecified atom stereocenters. The van der Waals surface area contributed by atoms with Crippen LogP contribution in [0.2, 0.25) is 0 Å². The molecule has 13 heavy (non-hydrogen) atoms. The summed E-state index contributed by atoms with van der Waals surface area (Å²) in [6, 6.07) is 7.39. The zero-order chi connectivity index (χ0) is 9.68. The molecule has 0 radical (unpaired) electrons. The SMILES string of the molecule is CCc1ccc(OOC(C)=O)cc1. The predicted octanol–water partition coefficient (Wildman–Crippen LogP) is 2.11. The van der Waals surface area contributed by atoms with Crippen LogP contribution in [0.15, 0.2) is 24.3 Å². The largest absolute Gasteiger partial charge is 0.352 e. The Morgan fingerprint density at radius 3 is 2.38 bits per heavy atom. The molecule has 0 N–H and O–H groups in total. The van der Waals surface area contributed by atoms with Gasteiger partial charge in [0.1, 0.15) is 0 Å². The van der Waals surface area contributed by atoms with Crippen LogP contribution in [-0.4, -0.2) is 5.97 Å². The predicted molar refractivity (Wildman–Crippen MR) is 48.2 cm³/mol. The van der Waals surface area contributed by atoms with Gasteiger partial charge in [0.25, 0.3) is 0 Å². The number of carbonyl (C=O) groups excluding carboxylic acids is 1. The first-order valence-electron chi connectivity index (χ1n) is 4.16. The van der Waals surface area contributed by atoms with Crippen molar-refractivity contribution in [3.8, 4) is 5.75 Å². The molecule has 0 saturated carbocycles. The highest BCUT2D eigenvalue weighted by Crippen LogP contribution is 2.12.